The first kappa shape index (κ1) is 17.1. The number of amides is 4. The first-order chi connectivity index (χ1) is 12.0. The van der Waals surface area contributed by atoms with Crippen LogP contribution in [0.15, 0.2) is 48.5 Å². The van der Waals surface area contributed by atoms with Crippen LogP contribution in [0.3, 0.4) is 0 Å². The number of rotatable bonds is 3. The van der Waals surface area contributed by atoms with Gasteiger partial charge in [-0.15, -0.1) is 0 Å². The van der Waals surface area contributed by atoms with E-state index in [-0.39, 0.29) is 12.1 Å². The Morgan fingerprint density at radius 2 is 1.52 bits per heavy atom. The minimum absolute atomic E-state index is 0.00700. The van der Waals surface area contributed by atoms with Gasteiger partial charge in [-0.1, -0.05) is 11.6 Å². The molecule has 0 bridgehead atoms. The molecular formula is C18H19ClN4O2. The number of urea groups is 2. The van der Waals surface area contributed by atoms with E-state index in [1.165, 1.54) is 0 Å². The molecule has 0 saturated carbocycles. The predicted molar refractivity (Wildman–Crippen MR) is 101 cm³/mol. The van der Waals surface area contributed by atoms with Gasteiger partial charge in [0.15, 0.2) is 0 Å². The SMILES string of the molecule is CN1CCCN(c2ccc(NC(=O)Nc3ccc(Cl)cc3)cc2)C1=O. The standard InChI is InChI=1S/C18H19ClN4O2/c1-22-11-2-12-23(18(22)25)16-9-7-15(8-10-16)21-17(24)20-14-5-3-13(19)4-6-14/h3-10H,2,11-12H2,1H3,(H2,20,21,24). The van der Waals surface area contributed by atoms with Crippen LogP contribution in [-0.2, 0) is 0 Å². The van der Waals surface area contributed by atoms with Crippen molar-refractivity contribution in [2.75, 3.05) is 35.7 Å². The molecule has 3 rings (SSSR count). The summed E-state index contributed by atoms with van der Waals surface area (Å²) in [6.45, 7) is 1.48. The minimum Gasteiger partial charge on any atom is -0.327 e. The quantitative estimate of drug-likeness (QED) is 0.861. The van der Waals surface area contributed by atoms with Crippen LogP contribution in [0.5, 0.6) is 0 Å². The fourth-order valence-corrected chi connectivity index (χ4v) is 2.78. The maximum Gasteiger partial charge on any atom is 0.324 e. The molecule has 1 heterocycles. The average Bonchev–Trinajstić information content (AvgIpc) is 2.60. The van der Waals surface area contributed by atoms with E-state index in [0.29, 0.717) is 22.9 Å². The third kappa shape index (κ3) is 4.22. The third-order valence-electron chi connectivity index (χ3n) is 3.97. The van der Waals surface area contributed by atoms with Crippen LogP contribution in [0.4, 0.5) is 26.7 Å². The molecule has 1 aliphatic heterocycles. The number of nitrogens with zero attached hydrogens (tertiary/aromatic N) is 2. The summed E-state index contributed by atoms with van der Waals surface area (Å²) in [5.74, 6) is 0. The zero-order valence-electron chi connectivity index (χ0n) is 13.8. The third-order valence-corrected chi connectivity index (χ3v) is 4.22. The van der Waals surface area contributed by atoms with Gasteiger partial charge in [-0.05, 0) is 55.0 Å². The molecule has 4 amide bonds. The molecule has 2 aromatic rings. The second-order valence-corrected chi connectivity index (χ2v) is 6.28. The Balaban J connectivity index is 1.61. The van der Waals surface area contributed by atoms with Crippen molar-refractivity contribution < 1.29 is 9.59 Å². The maximum absolute atomic E-state index is 12.2. The molecule has 0 atom stereocenters. The predicted octanol–water partition coefficient (Wildman–Crippen LogP) is 4.25. The molecule has 1 fully saturated rings. The molecule has 0 radical (unpaired) electrons. The van der Waals surface area contributed by atoms with Gasteiger partial charge >= 0.3 is 12.1 Å². The molecule has 0 spiro atoms. The zero-order valence-corrected chi connectivity index (χ0v) is 14.6. The highest BCUT2D eigenvalue weighted by Crippen LogP contribution is 2.22. The molecule has 25 heavy (non-hydrogen) atoms. The van der Waals surface area contributed by atoms with Gasteiger partial charge < -0.3 is 15.5 Å². The van der Waals surface area contributed by atoms with Crippen molar-refractivity contribution in [3.63, 3.8) is 0 Å². The van der Waals surface area contributed by atoms with Crippen molar-refractivity contribution in [3.05, 3.63) is 53.6 Å². The van der Waals surface area contributed by atoms with Crippen LogP contribution in [-0.4, -0.2) is 37.1 Å². The van der Waals surface area contributed by atoms with Crippen LogP contribution in [0.1, 0.15) is 6.42 Å². The van der Waals surface area contributed by atoms with Gasteiger partial charge in [0.25, 0.3) is 0 Å². The van der Waals surface area contributed by atoms with E-state index in [2.05, 4.69) is 10.6 Å². The van der Waals surface area contributed by atoms with Crippen LogP contribution in [0.2, 0.25) is 5.02 Å². The summed E-state index contributed by atoms with van der Waals surface area (Å²) < 4.78 is 0. The van der Waals surface area contributed by atoms with Crippen molar-refractivity contribution >= 4 is 40.7 Å². The van der Waals surface area contributed by atoms with Crippen LogP contribution >= 0.6 is 11.6 Å². The van der Waals surface area contributed by atoms with Crippen molar-refractivity contribution in [1.29, 1.82) is 0 Å². The number of halogens is 1. The van der Waals surface area contributed by atoms with E-state index in [9.17, 15) is 9.59 Å². The lowest BCUT2D eigenvalue weighted by Crippen LogP contribution is -2.47. The van der Waals surface area contributed by atoms with Gasteiger partial charge in [0, 0.05) is 42.2 Å². The fraction of sp³-hybridized carbons (Fsp3) is 0.222. The lowest BCUT2D eigenvalue weighted by molar-refractivity contribution is 0.207. The Bertz CT molecular complexity index is 762. The van der Waals surface area contributed by atoms with Gasteiger partial charge in [-0.25, -0.2) is 9.59 Å². The molecule has 7 heteroatoms. The average molecular weight is 359 g/mol. The molecule has 6 nitrogen and oxygen atoms in total. The van der Waals surface area contributed by atoms with Gasteiger partial charge in [0.05, 0.1) is 0 Å². The molecule has 0 aromatic heterocycles. The van der Waals surface area contributed by atoms with Crippen molar-refractivity contribution in [1.82, 2.24) is 4.90 Å². The van der Waals surface area contributed by atoms with E-state index < -0.39 is 0 Å². The molecule has 0 aliphatic carbocycles. The van der Waals surface area contributed by atoms with Crippen molar-refractivity contribution in [2.24, 2.45) is 0 Å². The Labute approximate surface area is 151 Å². The lowest BCUT2D eigenvalue weighted by Gasteiger charge is -2.33. The smallest absolute Gasteiger partial charge is 0.324 e. The summed E-state index contributed by atoms with van der Waals surface area (Å²) in [5, 5.41) is 6.10. The fourth-order valence-electron chi connectivity index (χ4n) is 2.65. The molecule has 1 aliphatic rings. The lowest BCUT2D eigenvalue weighted by atomic mass is 10.2. The second-order valence-electron chi connectivity index (χ2n) is 5.84. The molecule has 130 valence electrons. The van der Waals surface area contributed by atoms with Gasteiger partial charge in [0.2, 0.25) is 0 Å². The number of carbonyl (C=O) groups excluding carboxylic acids is 2. The Kier molecular flexibility index (Phi) is 5.09. The van der Waals surface area contributed by atoms with E-state index in [1.54, 1.807) is 53.2 Å². The van der Waals surface area contributed by atoms with Crippen LogP contribution < -0.4 is 15.5 Å². The maximum atomic E-state index is 12.2. The Hall–Kier alpha value is -2.73. The number of anilines is 3. The number of nitrogens with one attached hydrogen (secondary N) is 2. The monoisotopic (exact) mass is 358 g/mol. The summed E-state index contributed by atoms with van der Waals surface area (Å²) in [6.07, 6.45) is 0.936. The summed E-state index contributed by atoms with van der Waals surface area (Å²) in [7, 11) is 1.80. The van der Waals surface area contributed by atoms with Gasteiger partial charge in [-0.2, -0.15) is 0 Å². The number of hydrogen-bond donors (Lipinski definition) is 2. The molecule has 2 aromatic carbocycles. The summed E-state index contributed by atoms with van der Waals surface area (Å²) in [4.78, 5) is 27.6. The second kappa shape index (κ2) is 7.44. The van der Waals surface area contributed by atoms with Crippen LogP contribution in [0, 0.1) is 0 Å². The number of carbonyl (C=O) groups is 2. The van der Waals surface area contributed by atoms with Gasteiger partial charge in [0.1, 0.15) is 0 Å². The highest BCUT2D eigenvalue weighted by molar-refractivity contribution is 6.30. The topological polar surface area (TPSA) is 64.7 Å². The first-order valence-corrected chi connectivity index (χ1v) is 8.37. The molecular weight excluding hydrogens is 340 g/mol. The Morgan fingerprint density at radius 3 is 2.12 bits per heavy atom. The number of benzene rings is 2. The summed E-state index contributed by atoms with van der Waals surface area (Å²) in [5.41, 5.74) is 2.12. The van der Waals surface area contributed by atoms with Crippen molar-refractivity contribution in [2.45, 2.75) is 6.42 Å². The summed E-state index contributed by atoms with van der Waals surface area (Å²) >= 11 is 5.82. The number of hydrogen-bond acceptors (Lipinski definition) is 2. The zero-order chi connectivity index (χ0) is 17.8. The first-order valence-electron chi connectivity index (χ1n) is 7.99. The largest absolute Gasteiger partial charge is 0.327 e. The molecule has 0 unspecified atom stereocenters. The van der Waals surface area contributed by atoms with E-state index in [0.717, 1.165) is 18.7 Å². The van der Waals surface area contributed by atoms with E-state index in [1.807, 2.05) is 12.1 Å². The summed E-state index contributed by atoms with van der Waals surface area (Å²) in [6, 6.07) is 13.7. The highest BCUT2D eigenvalue weighted by atomic mass is 35.5. The molecule has 2 N–H and O–H groups in total. The highest BCUT2D eigenvalue weighted by Gasteiger charge is 2.23. The van der Waals surface area contributed by atoms with Gasteiger partial charge in [-0.3, -0.25) is 4.90 Å². The van der Waals surface area contributed by atoms with E-state index in [4.69, 9.17) is 11.6 Å². The van der Waals surface area contributed by atoms with Crippen molar-refractivity contribution in [3.8, 4) is 0 Å². The Morgan fingerprint density at radius 1 is 0.960 bits per heavy atom. The molecule has 1 saturated heterocycles. The van der Waals surface area contributed by atoms with Crippen LogP contribution in [0.25, 0.3) is 0 Å². The minimum atomic E-state index is -0.344. The normalized spacial score (nSPS) is 14.4. The van der Waals surface area contributed by atoms with E-state index >= 15 is 0 Å².